The Kier molecular flexibility index (Phi) is 8.34. The highest BCUT2D eigenvalue weighted by Gasteiger charge is 2.33. The summed E-state index contributed by atoms with van der Waals surface area (Å²) in [5.41, 5.74) is -1.89. The van der Waals surface area contributed by atoms with E-state index in [9.17, 15) is 27.6 Å². The third kappa shape index (κ3) is 6.90. The van der Waals surface area contributed by atoms with Crippen LogP contribution in [0, 0.1) is 5.41 Å². The van der Waals surface area contributed by atoms with E-state index >= 15 is 0 Å². The number of carbonyl (C=O) groups excluding carboxylic acids is 2. The fourth-order valence-electron chi connectivity index (χ4n) is 3.21. The maximum absolute atomic E-state index is 13.3. The number of hydrogen-bond donors (Lipinski definition) is 1. The normalized spacial score (nSPS) is 13.1. The lowest BCUT2D eigenvalue weighted by Gasteiger charge is -2.13. The Morgan fingerprint density at radius 1 is 1.14 bits per heavy atom. The smallest absolute Gasteiger partial charge is 0.417 e. The van der Waals surface area contributed by atoms with Crippen molar-refractivity contribution >= 4 is 52.5 Å². The highest BCUT2D eigenvalue weighted by Crippen LogP contribution is 2.36. The molecule has 3 rings (SSSR count). The molecular weight excluding hydrogens is 529 g/mol. The molecule has 1 aromatic heterocycles. The molecule has 0 bridgehead atoms. The first-order valence-electron chi connectivity index (χ1n) is 11.0. The fraction of sp³-hybridized carbons (Fsp3) is 0.269. The van der Waals surface area contributed by atoms with E-state index in [0.717, 1.165) is 22.0 Å². The van der Waals surface area contributed by atoms with E-state index < -0.39 is 40.2 Å². The van der Waals surface area contributed by atoms with Crippen molar-refractivity contribution in [3.63, 3.8) is 0 Å². The predicted molar refractivity (Wildman–Crippen MR) is 138 cm³/mol. The zero-order valence-electron chi connectivity index (χ0n) is 20.4. The number of Topliss-reactive ketones (excluding diaryl/α,β-unsaturated/α-hetero) is 1. The van der Waals surface area contributed by atoms with E-state index in [0.29, 0.717) is 17.4 Å². The number of alkyl halides is 3. The van der Waals surface area contributed by atoms with Crippen LogP contribution < -0.4 is 24.8 Å². The van der Waals surface area contributed by atoms with Gasteiger partial charge < -0.3 is 10.1 Å². The number of nitrogens with one attached hydrogen (secondary N) is 1. The predicted octanol–water partition coefficient (Wildman–Crippen LogP) is 4.45. The largest absolute Gasteiger partial charge is 0.496 e. The number of halogens is 4. The number of ether oxygens (including phenoxy) is 1. The summed E-state index contributed by atoms with van der Waals surface area (Å²) >= 11 is 6.66. The Labute approximate surface area is 219 Å². The molecule has 196 valence electrons. The zero-order chi connectivity index (χ0) is 27.5. The van der Waals surface area contributed by atoms with Crippen LogP contribution in [0.15, 0.2) is 47.3 Å². The first-order chi connectivity index (χ1) is 17.2. The molecule has 0 aliphatic carbocycles. The van der Waals surface area contributed by atoms with Gasteiger partial charge in [-0.2, -0.15) is 13.2 Å². The maximum Gasteiger partial charge on any atom is 0.417 e. The van der Waals surface area contributed by atoms with Crippen molar-refractivity contribution in [2.75, 3.05) is 12.4 Å². The molecule has 0 radical (unpaired) electrons. The second kappa shape index (κ2) is 10.9. The highest BCUT2D eigenvalue weighted by molar-refractivity contribution is 7.07. The maximum atomic E-state index is 13.3. The SMILES string of the molecule is COc1ccccc1C=c1sc(=CC(=O)C(C)(C)C)n(CC(=O)Nc2ccc(Cl)c(C(F)(F)F)c2)c1=O. The number of nitrogens with zero attached hydrogens (tertiary/aromatic N) is 1. The van der Waals surface area contributed by atoms with Gasteiger partial charge in [0.25, 0.3) is 5.56 Å². The third-order valence-electron chi connectivity index (χ3n) is 5.21. The van der Waals surface area contributed by atoms with Gasteiger partial charge in [0, 0.05) is 22.7 Å². The van der Waals surface area contributed by atoms with Gasteiger partial charge in [-0.05, 0) is 30.3 Å². The Morgan fingerprint density at radius 3 is 2.43 bits per heavy atom. The lowest BCUT2D eigenvalue weighted by atomic mass is 9.91. The molecule has 2 aromatic carbocycles. The molecule has 0 fully saturated rings. The van der Waals surface area contributed by atoms with Gasteiger partial charge in [-0.25, -0.2) is 0 Å². The van der Waals surface area contributed by atoms with E-state index in [1.165, 1.54) is 19.3 Å². The van der Waals surface area contributed by atoms with Gasteiger partial charge in [-0.15, -0.1) is 11.3 Å². The van der Waals surface area contributed by atoms with Gasteiger partial charge in [-0.3, -0.25) is 19.0 Å². The van der Waals surface area contributed by atoms with Crippen LogP contribution in [0.5, 0.6) is 5.75 Å². The average molecular weight is 553 g/mol. The van der Waals surface area contributed by atoms with Crippen LogP contribution in [0.1, 0.15) is 31.9 Å². The van der Waals surface area contributed by atoms with Gasteiger partial charge >= 0.3 is 6.18 Å². The molecule has 1 amide bonds. The Morgan fingerprint density at radius 2 is 1.81 bits per heavy atom. The van der Waals surface area contributed by atoms with Crippen molar-refractivity contribution < 1.29 is 27.5 Å². The summed E-state index contributed by atoms with van der Waals surface area (Å²) in [6.07, 6.45) is -1.82. The van der Waals surface area contributed by atoms with Crippen molar-refractivity contribution in [1.82, 2.24) is 4.57 Å². The number of aromatic nitrogens is 1. The van der Waals surface area contributed by atoms with E-state index in [-0.39, 0.29) is 20.7 Å². The van der Waals surface area contributed by atoms with E-state index in [2.05, 4.69) is 5.32 Å². The van der Waals surface area contributed by atoms with Crippen LogP contribution >= 0.6 is 22.9 Å². The molecule has 1 N–H and O–H groups in total. The van der Waals surface area contributed by atoms with Crippen molar-refractivity contribution in [1.29, 1.82) is 0 Å². The molecule has 37 heavy (non-hydrogen) atoms. The Bertz CT molecular complexity index is 1520. The molecule has 0 spiro atoms. The molecule has 0 atom stereocenters. The number of anilines is 1. The van der Waals surface area contributed by atoms with Crippen LogP contribution in [0.2, 0.25) is 5.02 Å². The third-order valence-corrected chi connectivity index (χ3v) is 6.60. The fourth-order valence-corrected chi connectivity index (χ4v) is 4.47. The van der Waals surface area contributed by atoms with Gasteiger partial charge in [0.05, 0.1) is 22.2 Å². The molecular formula is C26H24ClF3N2O4S. The highest BCUT2D eigenvalue weighted by atomic mass is 35.5. The molecule has 1 heterocycles. The van der Waals surface area contributed by atoms with E-state index in [1.54, 1.807) is 51.1 Å². The summed E-state index contributed by atoms with van der Waals surface area (Å²) in [7, 11) is 1.49. The number of amides is 1. The van der Waals surface area contributed by atoms with Crippen LogP contribution in [-0.4, -0.2) is 23.4 Å². The van der Waals surface area contributed by atoms with E-state index in [1.807, 2.05) is 0 Å². The van der Waals surface area contributed by atoms with Crippen molar-refractivity contribution in [3.05, 3.63) is 78.2 Å². The summed E-state index contributed by atoms with van der Waals surface area (Å²) in [6.45, 7) is 4.63. The van der Waals surface area contributed by atoms with Crippen LogP contribution in [-0.2, 0) is 22.3 Å². The molecule has 3 aromatic rings. The molecule has 0 aliphatic rings. The second-order valence-corrected chi connectivity index (χ2v) is 10.6. The van der Waals surface area contributed by atoms with Crippen molar-refractivity contribution in [2.45, 2.75) is 33.5 Å². The van der Waals surface area contributed by atoms with Crippen LogP contribution in [0.25, 0.3) is 12.2 Å². The van der Waals surface area contributed by atoms with Crippen LogP contribution in [0.3, 0.4) is 0 Å². The number of carbonyl (C=O) groups is 2. The number of para-hydroxylation sites is 1. The van der Waals surface area contributed by atoms with Gasteiger partial charge in [-0.1, -0.05) is 50.6 Å². The quantitative estimate of drug-likeness (QED) is 0.490. The molecule has 0 saturated carbocycles. The second-order valence-electron chi connectivity index (χ2n) is 9.08. The van der Waals surface area contributed by atoms with Gasteiger partial charge in [0.2, 0.25) is 5.91 Å². The molecule has 0 unspecified atom stereocenters. The Hall–Kier alpha value is -3.37. The lowest BCUT2D eigenvalue weighted by Crippen LogP contribution is -2.36. The number of rotatable bonds is 6. The summed E-state index contributed by atoms with van der Waals surface area (Å²) < 4.78 is 46.5. The molecule has 6 nitrogen and oxygen atoms in total. The minimum absolute atomic E-state index is 0.137. The molecule has 0 aliphatic heterocycles. The first-order valence-corrected chi connectivity index (χ1v) is 12.2. The standard InChI is InChI=1S/C26H24ClF3N2O4S/c1-25(2,3)21(33)13-23-32(24(35)20(37-23)11-15-7-5-6-8-19(15)36-4)14-22(34)31-16-9-10-18(27)17(12-16)26(28,29)30/h5-13H,14H2,1-4H3,(H,31,34). The monoisotopic (exact) mass is 552 g/mol. The van der Waals surface area contributed by atoms with Gasteiger partial charge in [0.1, 0.15) is 17.0 Å². The lowest BCUT2D eigenvalue weighted by molar-refractivity contribution is -0.137. The minimum atomic E-state index is -4.71. The topological polar surface area (TPSA) is 77.4 Å². The number of ketones is 1. The summed E-state index contributed by atoms with van der Waals surface area (Å²) in [5.74, 6) is -0.490. The number of methoxy groups -OCH3 is 1. The van der Waals surface area contributed by atoms with Crippen LogP contribution in [0.4, 0.5) is 18.9 Å². The average Bonchev–Trinajstić information content (AvgIpc) is 3.08. The zero-order valence-corrected chi connectivity index (χ0v) is 22.0. The summed E-state index contributed by atoms with van der Waals surface area (Å²) in [4.78, 5) is 38.7. The van der Waals surface area contributed by atoms with Crippen molar-refractivity contribution in [3.8, 4) is 5.75 Å². The summed E-state index contributed by atoms with van der Waals surface area (Å²) in [6, 6.07) is 9.98. The summed E-state index contributed by atoms with van der Waals surface area (Å²) in [5, 5.41) is 1.86. The van der Waals surface area contributed by atoms with Crippen molar-refractivity contribution in [2.24, 2.45) is 5.41 Å². The molecule has 11 heteroatoms. The Balaban J connectivity index is 2.06. The first kappa shape index (κ1) is 28.2. The number of benzene rings is 2. The van der Waals surface area contributed by atoms with E-state index in [4.69, 9.17) is 16.3 Å². The number of thiazole rings is 1. The van der Waals surface area contributed by atoms with Gasteiger partial charge in [0.15, 0.2) is 5.78 Å². The number of hydrogen-bond acceptors (Lipinski definition) is 5. The molecule has 0 saturated heterocycles. The minimum Gasteiger partial charge on any atom is -0.496 e.